The molecule has 0 aliphatic rings. The Bertz CT molecular complexity index is 756. The molecule has 0 fully saturated rings. The van der Waals surface area contributed by atoms with Crippen molar-refractivity contribution in [2.75, 3.05) is 13.7 Å². The fraction of sp³-hybridized carbons (Fsp3) is 0.294. The minimum atomic E-state index is -3.00. The summed E-state index contributed by atoms with van der Waals surface area (Å²) in [6.45, 7) is -2.33. The molecule has 0 aliphatic heterocycles. The quantitative estimate of drug-likeness (QED) is 0.409. The molecule has 0 amide bonds. The van der Waals surface area contributed by atoms with E-state index in [9.17, 15) is 18.4 Å². The minimum absolute atomic E-state index is 0.0503. The van der Waals surface area contributed by atoms with Crippen molar-refractivity contribution in [1.29, 1.82) is 10.7 Å². The van der Waals surface area contributed by atoms with Gasteiger partial charge < -0.3 is 19.6 Å². The van der Waals surface area contributed by atoms with Crippen molar-refractivity contribution in [3.05, 3.63) is 29.8 Å². The van der Waals surface area contributed by atoms with Gasteiger partial charge in [0.1, 0.15) is 5.92 Å². The third-order valence-electron chi connectivity index (χ3n) is 3.06. The van der Waals surface area contributed by atoms with Gasteiger partial charge in [0.15, 0.2) is 23.9 Å². The first-order chi connectivity index (χ1) is 12.3. The van der Waals surface area contributed by atoms with Crippen molar-refractivity contribution >= 4 is 23.5 Å². The average molecular weight is 366 g/mol. The first kappa shape index (κ1) is 20.8. The van der Waals surface area contributed by atoms with Crippen LogP contribution in [0.2, 0.25) is 0 Å². The van der Waals surface area contributed by atoms with E-state index in [0.29, 0.717) is 5.56 Å². The van der Waals surface area contributed by atoms with E-state index >= 15 is 0 Å². The summed E-state index contributed by atoms with van der Waals surface area (Å²) in [6.07, 6.45) is 2.35. The van der Waals surface area contributed by atoms with Crippen molar-refractivity contribution in [3.8, 4) is 17.6 Å². The molecule has 1 N–H and O–H groups in total. The first-order valence-electron chi connectivity index (χ1n) is 7.23. The molecule has 0 bridgehead atoms. The number of hydrogen-bond acceptors (Lipinski definition) is 7. The molecule has 0 heterocycles. The molecule has 26 heavy (non-hydrogen) atoms. The first-order valence-corrected chi connectivity index (χ1v) is 7.23. The number of nitriles is 1. The molecule has 0 saturated carbocycles. The molecule has 0 radical (unpaired) electrons. The fourth-order valence-corrected chi connectivity index (χ4v) is 1.83. The number of ether oxygens (including phenoxy) is 3. The molecule has 0 saturated heterocycles. The Kier molecular flexibility index (Phi) is 7.89. The van der Waals surface area contributed by atoms with E-state index in [2.05, 4.69) is 4.74 Å². The summed E-state index contributed by atoms with van der Waals surface area (Å²) in [5, 5.41) is 16.1. The summed E-state index contributed by atoms with van der Waals surface area (Å²) < 4.78 is 38.4. The lowest BCUT2D eigenvalue weighted by atomic mass is 10.0. The van der Waals surface area contributed by atoms with Crippen LogP contribution in [0.3, 0.4) is 0 Å². The van der Waals surface area contributed by atoms with Crippen molar-refractivity contribution in [3.63, 3.8) is 0 Å². The number of Topliss-reactive ketones (excluding diaryl/α,β-unsaturated/α-hetero) is 1. The van der Waals surface area contributed by atoms with E-state index in [1.807, 2.05) is 0 Å². The molecule has 138 valence electrons. The third kappa shape index (κ3) is 6.32. The summed E-state index contributed by atoms with van der Waals surface area (Å²) in [5.74, 6) is -2.90. The van der Waals surface area contributed by atoms with Gasteiger partial charge in [0.05, 0.1) is 13.2 Å². The molecule has 1 atom stereocenters. The highest BCUT2D eigenvalue weighted by Gasteiger charge is 2.21. The second kappa shape index (κ2) is 9.88. The SMILES string of the molecule is COc1cc(/C=C/C(=O)OCC(=O)C(C#N)C(C)=N)ccc1OC(F)F. The number of hydrogen-bond donors (Lipinski definition) is 1. The van der Waals surface area contributed by atoms with Gasteiger partial charge in [-0.25, -0.2) is 4.79 Å². The predicted molar refractivity (Wildman–Crippen MR) is 87.1 cm³/mol. The molecular weight excluding hydrogens is 350 g/mol. The maximum atomic E-state index is 12.3. The molecule has 0 spiro atoms. The van der Waals surface area contributed by atoms with E-state index < -0.39 is 30.9 Å². The number of esters is 1. The Morgan fingerprint density at radius 1 is 1.35 bits per heavy atom. The van der Waals surface area contributed by atoms with Crippen LogP contribution in [0, 0.1) is 22.7 Å². The van der Waals surface area contributed by atoms with Gasteiger partial charge in [-0.2, -0.15) is 14.0 Å². The number of carbonyl (C=O) groups excluding carboxylic acids is 2. The average Bonchev–Trinajstić information content (AvgIpc) is 2.58. The largest absolute Gasteiger partial charge is 0.493 e. The van der Waals surface area contributed by atoms with Gasteiger partial charge in [0, 0.05) is 11.8 Å². The van der Waals surface area contributed by atoms with E-state index in [1.54, 1.807) is 6.07 Å². The van der Waals surface area contributed by atoms with Gasteiger partial charge in [0.25, 0.3) is 0 Å². The van der Waals surface area contributed by atoms with Gasteiger partial charge in [0.2, 0.25) is 0 Å². The Morgan fingerprint density at radius 2 is 2.04 bits per heavy atom. The van der Waals surface area contributed by atoms with Gasteiger partial charge in [-0.1, -0.05) is 6.07 Å². The number of methoxy groups -OCH3 is 1. The number of nitrogens with zero attached hydrogens (tertiary/aromatic N) is 1. The normalized spacial score (nSPS) is 11.7. The smallest absolute Gasteiger partial charge is 0.387 e. The lowest BCUT2D eigenvalue weighted by Gasteiger charge is -2.10. The number of nitrogens with one attached hydrogen (secondary N) is 1. The maximum absolute atomic E-state index is 12.3. The van der Waals surface area contributed by atoms with Crippen LogP contribution in [0.4, 0.5) is 8.78 Å². The van der Waals surface area contributed by atoms with Crippen LogP contribution in [-0.2, 0) is 14.3 Å². The summed E-state index contributed by atoms with van der Waals surface area (Å²) in [6, 6.07) is 5.69. The molecule has 1 aromatic rings. The maximum Gasteiger partial charge on any atom is 0.387 e. The molecule has 9 heteroatoms. The summed E-state index contributed by atoms with van der Waals surface area (Å²) in [7, 11) is 1.28. The van der Waals surface area contributed by atoms with E-state index in [-0.39, 0.29) is 17.2 Å². The summed E-state index contributed by atoms with van der Waals surface area (Å²) in [4.78, 5) is 23.3. The van der Waals surface area contributed by atoms with E-state index in [0.717, 1.165) is 6.08 Å². The van der Waals surface area contributed by atoms with Gasteiger partial charge in [-0.3, -0.25) is 4.79 Å². The Balaban J connectivity index is 2.70. The van der Waals surface area contributed by atoms with Crippen LogP contribution in [0.1, 0.15) is 12.5 Å². The number of rotatable bonds is 9. The zero-order valence-corrected chi connectivity index (χ0v) is 14.0. The lowest BCUT2D eigenvalue weighted by Crippen LogP contribution is -2.25. The molecule has 1 unspecified atom stereocenters. The zero-order valence-electron chi connectivity index (χ0n) is 14.0. The van der Waals surface area contributed by atoms with Crippen LogP contribution >= 0.6 is 0 Å². The van der Waals surface area contributed by atoms with Crippen LogP contribution < -0.4 is 9.47 Å². The molecule has 1 aromatic carbocycles. The van der Waals surface area contributed by atoms with Gasteiger partial charge in [-0.05, 0) is 30.7 Å². The number of carbonyl (C=O) groups is 2. The molecule has 1 rings (SSSR count). The number of alkyl halides is 2. The Hall–Kier alpha value is -3.28. The minimum Gasteiger partial charge on any atom is -0.493 e. The monoisotopic (exact) mass is 366 g/mol. The number of ketones is 1. The second-order valence-corrected chi connectivity index (χ2v) is 4.94. The van der Waals surface area contributed by atoms with Gasteiger partial charge >= 0.3 is 12.6 Å². The lowest BCUT2D eigenvalue weighted by molar-refractivity contribution is -0.143. The van der Waals surface area contributed by atoms with E-state index in [4.69, 9.17) is 20.1 Å². The standard InChI is InChI=1S/C17H16F2N2O5/c1-10(21)12(8-20)13(22)9-25-16(23)6-4-11-3-5-14(26-17(18)19)15(7-11)24-2/h3-7,12,17,21H,9H2,1-2H3/b6-4+,21-10?. The fourth-order valence-electron chi connectivity index (χ4n) is 1.83. The topological polar surface area (TPSA) is 109 Å². The molecule has 0 aliphatic carbocycles. The highest BCUT2D eigenvalue weighted by molar-refractivity contribution is 6.06. The van der Waals surface area contributed by atoms with E-state index in [1.165, 1.54) is 38.3 Å². The second-order valence-electron chi connectivity index (χ2n) is 4.94. The molecule has 0 aromatic heterocycles. The Morgan fingerprint density at radius 3 is 2.58 bits per heavy atom. The van der Waals surface area contributed by atoms with Crippen molar-refractivity contribution < 1.29 is 32.6 Å². The highest BCUT2D eigenvalue weighted by Crippen LogP contribution is 2.29. The van der Waals surface area contributed by atoms with Crippen LogP contribution in [0.5, 0.6) is 11.5 Å². The van der Waals surface area contributed by atoms with Crippen molar-refractivity contribution in [1.82, 2.24) is 0 Å². The zero-order chi connectivity index (χ0) is 19.7. The van der Waals surface area contributed by atoms with Crippen LogP contribution in [0.15, 0.2) is 24.3 Å². The van der Waals surface area contributed by atoms with Gasteiger partial charge in [-0.15, -0.1) is 0 Å². The third-order valence-corrected chi connectivity index (χ3v) is 3.06. The number of halogens is 2. The number of benzene rings is 1. The van der Waals surface area contributed by atoms with Crippen molar-refractivity contribution in [2.24, 2.45) is 5.92 Å². The molecular formula is C17H16F2N2O5. The molecule has 7 nitrogen and oxygen atoms in total. The predicted octanol–water partition coefficient (Wildman–Crippen LogP) is 2.60. The van der Waals surface area contributed by atoms with Crippen molar-refractivity contribution in [2.45, 2.75) is 13.5 Å². The summed E-state index contributed by atoms with van der Waals surface area (Å²) >= 11 is 0. The highest BCUT2D eigenvalue weighted by atomic mass is 19.3. The summed E-state index contributed by atoms with van der Waals surface area (Å²) in [5.41, 5.74) is 0.305. The Labute approximate surface area is 148 Å². The van der Waals surface area contributed by atoms with Crippen LogP contribution in [-0.4, -0.2) is 37.8 Å². The van der Waals surface area contributed by atoms with Crippen LogP contribution in [0.25, 0.3) is 6.08 Å².